The highest BCUT2D eigenvalue weighted by molar-refractivity contribution is 8.00. The molecule has 0 aliphatic heterocycles. The Morgan fingerprint density at radius 3 is 2.75 bits per heavy atom. The van der Waals surface area contributed by atoms with E-state index >= 15 is 0 Å². The number of hydrogen-bond donors (Lipinski definition) is 2. The van der Waals surface area contributed by atoms with Crippen molar-refractivity contribution in [1.29, 1.82) is 0 Å². The Hall–Kier alpha value is -1.23. The van der Waals surface area contributed by atoms with E-state index in [0.29, 0.717) is 5.69 Å². The summed E-state index contributed by atoms with van der Waals surface area (Å²) in [5, 5.41) is 2.71. The Kier molecular flexibility index (Phi) is 4.61. The van der Waals surface area contributed by atoms with Crippen LogP contribution in [0, 0.1) is 0 Å². The van der Waals surface area contributed by atoms with Crippen LogP contribution < -0.4 is 11.1 Å². The predicted molar refractivity (Wildman–Crippen MR) is 67.2 cm³/mol. The molecule has 0 spiro atoms. The van der Waals surface area contributed by atoms with Crippen LogP contribution in [0.5, 0.6) is 0 Å². The van der Waals surface area contributed by atoms with Crippen molar-refractivity contribution in [2.45, 2.75) is 37.0 Å². The maximum absolute atomic E-state index is 11.7. The molecule has 4 nitrogen and oxygen atoms in total. The Morgan fingerprint density at radius 2 is 2.19 bits per heavy atom. The highest BCUT2D eigenvalue weighted by Crippen LogP contribution is 2.27. The van der Waals surface area contributed by atoms with Gasteiger partial charge in [-0.2, -0.15) is 0 Å². The van der Waals surface area contributed by atoms with Gasteiger partial charge in [-0.05, 0) is 26.8 Å². The third kappa shape index (κ3) is 3.73. The summed E-state index contributed by atoms with van der Waals surface area (Å²) in [4.78, 5) is 16.5. The average molecular weight is 239 g/mol. The molecule has 0 radical (unpaired) electrons. The number of aromatic nitrogens is 1. The van der Waals surface area contributed by atoms with Crippen LogP contribution in [-0.2, 0) is 4.79 Å². The van der Waals surface area contributed by atoms with Crippen molar-refractivity contribution in [3.05, 3.63) is 18.5 Å². The quantitative estimate of drug-likeness (QED) is 0.784. The topological polar surface area (TPSA) is 68.0 Å². The van der Waals surface area contributed by atoms with Gasteiger partial charge in [-0.25, -0.2) is 0 Å². The molecule has 1 atom stereocenters. The van der Waals surface area contributed by atoms with Crippen molar-refractivity contribution in [2.75, 3.05) is 5.73 Å². The van der Waals surface area contributed by atoms with E-state index in [4.69, 9.17) is 5.73 Å². The minimum Gasteiger partial charge on any atom is -0.397 e. The highest BCUT2D eigenvalue weighted by Gasteiger charge is 2.15. The summed E-state index contributed by atoms with van der Waals surface area (Å²) in [5.74, 6) is 0.0243. The van der Waals surface area contributed by atoms with Gasteiger partial charge in [0.1, 0.15) is 0 Å². The Bertz CT molecular complexity index is 368. The summed E-state index contributed by atoms with van der Waals surface area (Å²) in [7, 11) is 0. The minimum atomic E-state index is -0.160. The highest BCUT2D eigenvalue weighted by atomic mass is 32.2. The van der Waals surface area contributed by atoms with Crippen LogP contribution in [0.4, 0.5) is 5.69 Å². The van der Waals surface area contributed by atoms with Gasteiger partial charge in [0.05, 0.1) is 17.1 Å². The fraction of sp³-hybridized carbons (Fsp3) is 0.455. The number of nitrogens with two attached hydrogens (primary N) is 1. The molecule has 0 aliphatic carbocycles. The van der Waals surface area contributed by atoms with Gasteiger partial charge in [0.2, 0.25) is 5.91 Å². The van der Waals surface area contributed by atoms with E-state index in [2.05, 4.69) is 10.3 Å². The first-order chi connectivity index (χ1) is 7.50. The number of rotatable bonds is 4. The third-order valence-corrected chi connectivity index (χ3v) is 3.11. The number of nitrogen functional groups attached to an aromatic ring is 1. The van der Waals surface area contributed by atoms with Crippen LogP contribution in [0.1, 0.15) is 20.8 Å². The van der Waals surface area contributed by atoms with Crippen molar-refractivity contribution in [3.63, 3.8) is 0 Å². The first kappa shape index (κ1) is 12.8. The number of hydrogen-bond acceptors (Lipinski definition) is 4. The zero-order chi connectivity index (χ0) is 12.1. The van der Waals surface area contributed by atoms with Gasteiger partial charge in [-0.1, -0.05) is 0 Å². The lowest BCUT2D eigenvalue weighted by Crippen LogP contribution is -2.35. The third-order valence-electron chi connectivity index (χ3n) is 1.91. The van der Waals surface area contributed by atoms with Crippen molar-refractivity contribution >= 4 is 23.4 Å². The summed E-state index contributed by atoms with van der Waals surface area (Å²) in [6.07, 6.45) is 3.27. The van der Waals surface area contributed by atoms with E-state index in [1.807, 2.05) is 26.8 Å². The monoisotopic (exact) mass is 239 g/mol. The van der Waals surface area contributed by atoms with E-state index in [1.54, 1.807) is 12.4 Å². The van der Waals surface area contributed by atoms with Crippen LogP contribution >= 0.6 is 11.8 Å². The number of thioether (sulfide) groups is 1. The smallest absolute Gasteiger partial charge is 0.233 e. The van der Waals surface area contributed by atoms with Gasteiger partial charge in [0.15, 0.2) is 0 Å². The fourth-order valence-corrected chi connectivity index (χ4v) is 2.03. The van der Waals surface area contributed by atoms with Crippen LogP contribution in [0.3, 0.4) is 0 Å². The maximum atomic E-state index is 11.7. The van der Waals surface area contributed by atoms with Crippen LogP contribution in [0.15, 0.2) is 23.4 Å². The molecule has 5 heteroatoms. The van der Waals surface area contributed by atoms with Gasteiger partial charge in [0.25, 0.3) is 0 Å². The number of nitrogens with one attached hydrogen (secondary N) is 1. The molecule has 0 fully saturated rings. The molecule has 1 unspecified atom stereocenters. The molecule has 1 aromatic heterocycles. The average Bonchev–Trinajstić information content (AvgIpc) is 2.20. The Morgan fingerprint density at radius 1 is 1.50 bits per heavy atom. The molecule has 1 aromatic rings. The predicted octanol–water partition coefficient (Wildman–Crippen LogP) is 1.67. The molecule has 1 amide bonds. The molecule has 3 N–H and O–H groups in total. The number of pyridine rings is 1. The summed E-state index contributed by atoms with van der Waals surface area (Å²) >= 11 is 1.44. The number of carbonyl (C=O) groups is 1. The van der Waals surface area contributed by atoms with Crippen LogP contribution in [-0.4, -0.2) is 22.2 Å². The zero-order valence-electron chi connectivity index (χ0n) is 9.73. The molecule has 0 bridgehead atoms. The molecule has 0 saturated carbocycles. The largest absolute Gasteiger partial charge is 0.397 e. The molecule has 1 rings (SSSR count). The maximum Gasteiger partial charge on any atom is 0.233 e. The summed E-state index contributed by atoms with van der Waals surface area (Å²) in [6, 6.07) is 1.98. The number of nitrogens with zero attached hydrogens (tertiary/aromatic N) is 1. The Balaban J connectivity index is 2.61. The van der Waals surface area contributed by atoms with Crippen LogP contribution in [0.2, 0.25) is 0 Å². The van der Waals surface area contributed by atoms with Crippen molar-refractivity contribution < 1.29 is 4.79 Å². The summed E-state index contributed by atoms with van der Waals surface area (Å²) < 4.78 is 0. The second-order valence-electron chi connectivity index (χ2n) is 3.84. The summed E-state index contributed by atoms with van der Waals surface area (Å²) in [6.45, 7) is 5.74. The lowest BCUT2D eigenvalue weighted by molar-refractivity contribution is -0.120. The first-order valence-corrected chi connectivity index (χ1v) is 6.05. The van der Waals surface area contributed by atoms with Crippen molar-refractivity contribution in [2.24, 2.45) is 0 Å². The second-order valence-corrected chi connectivity index (χ2v) is 5.22. The van der Waals surface area contributed by atoms with Gasteiger partial charge in [0, 0.05) is 17.1 Å². The summed E-state index contributed by atoms with van der Waals surface area (Å²) in [5.41, 5.74) is 6.36. The second kappa shape index (κ2) is 5.75. The molecule has 0 saturated heterocycles. The normalized spacial score (nSPS) is 12.5. The molecule has 16 heavy (non-hydrogen) atoms. The van der Waals surface area contributed by atoms with E-state index in [1.165, 1.54) is 11.8 Å². The Labute approximate surface area is 100 Å². The molecular weight excluding hydrogens is 222 g/mol. The number of anilines is 1. The van der Waals surface area contributed by atoms with Crippen molar-refractivity contribution in [3.8, 4) is 0 Å². The van der Waals surface area contributed by atoms with E-state index in [-0.39, 0.29) is 17.2 Å². The SMILES string of the molecule is CC(C)NC(=O)C(C)Sc1ccncc1N. The van der Waals surface area contributed by atoms with Crippen molar-refractivity contribution in [1.82, 2.24) is 10.3 Å². The van der Waals surface area contributed by atoms with E-state index < -0.39 is 0 Å². The molecule has 0 aromatic carbocycles. The van der Waals surface area contributed by atoms with Gasteiger partial charge >= 0.3 is 0 Å². The lowest BCUT2D eigenvalue weighted by Gasteiger charge is -2.14. The molecule has 1 heterocycles. The first-order valence-electron chi connectivity index (χ1n) is 5.17. The zero-order valence-corrected chi connectivity index (χ0v) is 10.5. The minimum absolute atomic E-state index is 0.0243. The fourth-order valence-electron chi connectivity index (χ4n) is 1.15. The van der Waals surface area contributed by atoms with E-state index in [9.17, 15) is 4.79 Å². The lowest BCUT2D eigenvalue weighted by atomic mass is 10.3. The van der Waals surface area contributed by atoms with E-state index in [0.717, 1.165) is 4.90 Å². The molecule has 88 valence electrons. The van der Waals surface area contributed by atoms with Gasteiger partial charge < -0.3 is 11.1 Å². The molecule has 0 aliphatic rings. The number of amides is 1. The van der Waals surface area contributed by atoms with Gasteiger partial charge in [-0.15, -0.1) is 11.8 Å². The van der Waals surface area contributed by atoms with Gasteiger partial charge in [-0.3, -0.25) is 9.78 Å². The molecular formula is C11H17N3OS. The standard InChI is InChI=1S/C11H17N3OS/c1-7(2)14-11(15)8(3)16-10-4-5-13-6-9(10)12/h4-8H,12H2,1-3H3,(H,14,15). The van der Waals surface area contributed by atoms with Crippen LogP contribution in [0.25, 0.3) is 0 Å². The number of carbonyl (C=O) groups excluding carboxylic acids is 1.